The highest BCUT2D eigenvalue weighted by Crippen LogP contribution is 2.29. The van der Waals surface area contributed by atoms with Crippen LogP contribution in [0.2, 0.25) is 5.15 Å². The SMILES string of the molecule is FC(F)c1c(I)cc(Cl)nc1CCl. The number of nitrogens with zero attached hydrogens (tertiary/aromatic N) is 1. The number of rotatable bonds is 2. The van der Waals surface area contributed by atoms with Crippen molar-refractivity contribution in [2.45, 2.75) is 12.3 Å². The Bertz CT molecular complexity index is 320. The third kappa shape index (κ3) is 2.63. The molecule has 0 aromatic carbocycles. The summed E-state index contributed by atoms with van der Waals surface area (Å²) in [5.74, 6) is -0.0593. The lowest BCUT2D eigenvalue weighted by Crippen LogP contribution is -1.99. The highest BCUT2D eigenvalue weighted by atomic mass is 127. The number of pyridine rings is 1. The number of hydrogen-bond acceptors (Lipinski definition) is 1. The van der Waals surface area contributed by atoms with Crippen LogP contribution >= 0.6 is 45.8 Å². The predicted molar refractivity (Wildman–Crippen MR) is 56.5 cm³/mol. The van der Waals surface area contributed by atoms with Gasteiger partial charge in [0.1, 0.15) is 5.15 Å². The largest absolute Gasteiger partial charge is 0.266 e. The minimum absolute atomic E-state index is 0.0593. The summed E-state index contributed by atoms with van der Waals surface area (Å²) in [6.45, 7) is 0. The van der Waals surface area contributed by atoms with E-state index in [1.54, 1.807) is 22.6 Å². The molecule has 0 aliphatic carbocycles. The molecule has 0 atom stereocenters. The van der Waals surface area contributed by atoms with Crippen molar-refractivity contribution in [3.8, 4) is 0 Å². The summed E-state index contributed by atoms with van der Waals surface area (Å²) < 4.78 is 25.3. The zero-order valence-electron chi connectivity index (χ0n) is 6.20. The molecule has 0 aliphatic heterocycles. The second-order valence-corrected chi connectivity index (χ2v) is 4.04. The van der Waals surface area contributed by atoms with E-state index in [0.29, 0.717) is 3.57 Å². The molecule has 0 saturated carbocycles. The van der Waals surface area contributed by atoms with Gasteiger partial charge < -0.3 is 0 Å². The molecule has 0 aliphatic rings. The fraction of sp³-hybridized carbons (Fsp3) is 0.286. The Hall–Kier alpha value is 0.320. The van der Waals surface area contributed by atoms with E-state index >= 15 is 0 Å². The quantitative estimate of drug-likeness (QED) is 0.451. The molecule has 0 radical (unpaired) electrons. The molecule has 72 valence electrons. The molecule has 1 rings (SSSR count). The Morgan fingerprint density at radius 1 is 1.54 bits per heavy atom. The highest BCUT2D eigenvalue weighted by Gasteiger charge is 2.18. The van der Waals surface area contributed by atoms with Gasteiger partial charge >= 0.3 is 0 Å². The molecule has 0 unspecified atom stereocenters. The summed E-state index contributed by atoms with van der Waals surface area (Å²) in [4.78, 5) is 3.72. The Kier molecular flexibility index (Phi) is 4.12. The van der Waals surface area contributed by atoms with Gasteiger partial charge in [-0.25, -0.2) is 13.8 Å². The number of halogens is 5. The summed E-state index contributed by atoms with van der Waals surface area (Å²) in [6, 6.07) is 1.39. The first-order chi connectivity index (χ1) is 6.06. The molecule has 1 aromatic heterocycles. The lowest BCUT2D eigenvalue weighted by Gasteiger charge is -2.07. The zero-order chi connectivity index (χ0) is 10.0. The molecular weight excluding hydrogens is 334 g/mol. The van der Waals surface area contributed by atoms with Gasteiger partial charge in [0, 0.05) is 3.57 Å². The first kappa shape index (κ1) is 11.4. The van der Waals surface area contributed by atoms with Crippen molar-refractivity contribution in [2.24, 2.45) is 0 Å². The van der Waals surface area contributed by atoms with E-state index in [-0.39, 0.29) is 22.3 Å². The van der Waals surface area contributed by atoms with Gasteiger partial charge in [0.25, 0.3) is 6.43 Å². The molecule has 0 amide bonds. The average molecular weight is 338 g/mol. The summed E-state index contributed by atoms with van der Waals surface area (Å²) in [7, 11) is 0. The van der Waals surface area contributed by atoms with Crippen LogP contribution in [0.4, 0.5) is 8.78 Å². The minimum Gasteiger partial charge on any atom is -0.239 e. The molecule has 0 bridgehead atoms. The van der Waals surface area contributed by atoms with Crippen molar-refractivity contribution < 1.29 is 8.78 Å². The van der Waals surface area contributed by atoms with Crippen LogP contribution in [-0.2, 0) is 5.88 Å². The second kappa shape index (κ2) is 4.70. The van der Waals surface area contributed by atoms with E-state index in [4.69, 9.17) is 23.2 Å². The molecule has 13 heavy (non-hydrogen) atoms. The van der Waals surface area contributed by atoms with Gasteiger partial charge in [0.2, 0.25) is 0 Å². The molecule has 0 N–H and O–H groups in total. The van der Waals surface area contributed by atoms with Gasteiger partial charge in [0.15, 0.2) is 0 Å². The smallest absolute Gasteiger partial charge is 0.239 e. The van der Waals surface area contributed by atoms with Crippen LogP contribution in [0.25, 0.3) is 0 Å². The molecule has 0 saturated heterocycles. The number of alkyl halides is 3. The average Bonchev–Trinajstić information content (AvgIpc) is 2.01. The third-order valence-electron chi connectivity index (χ3n) is 1.40. The first-order valence-electron chi connectivity index (χ1n) is 3.25. The molecule has 0 spiro atoms. The van der Waals surface area contributed by atoms with E-state index in [9.17, 15) is 8.78 Å². The van der Waals surface area contributed by atoms with Crippen LogP contribution in [0.1, 0.15) is 17.7 Å². The van der Waals surface area contributed by atoms with Crippen LogP contribution in [0.15, 0.2) is 6.07 Å². The van der Waals surface area contributed by atoms with Gasteiger partial charge in [-0.3, -0.25) is 0 Å². The minimum atomic E-state index is -2.56. The van der Waals surface area contributed by atoms with Gasteiger partial charge in [0.05, 0.1) is 17.1 Å². The van der Waals surface area contributed by atoms with Crippen molar-refractivity contribution in [2.75, 3.05) is 0 Å². The van der Waals surface area contributed by atoms with Crippen molar-refractivity contribution in [3.63, 3.8) is 0 Å². The topological polar surface area (TPSA) is 12.9 Å². The maximum absolute atomic E-state index is 12.5. The Labute approximate surface area is 97.6 Å². The lowest BCUT2D eigenvalue weighted by molar-refractivity contribution is 0.149. The van der Waals surface area contributed by atoms with Crippen LogP contribution in [0.5, 0.6) is 0 Å². The highest BCUT2D eigenvalue weighted by molar-refractivity contribution is 14.1. The molecule has 1 heterocycles. The van der Waals surface area contributed by atoms with E-state index in [1.807, 2.05) is 0 Å². The third-order valence-corrected chi connectivity index (χ3v) is 2.74. The van der Waals surface area contributed by atoms with Gasteiger partial charge in [-0.15, -0.1) is 11.6 Å². The van der Waals surface area contributed by atoms with Crippen molar-refractivity contribution in [3.05, 3.63) is 26.0 Å². The standard InChI is InChI=1S/C7H4Cl2F2IN/c8-2-4-6(7(10)11)3(12)1-5(9)13-4/h1,7H,2H2. The maximum atomic E-state index is 12.5. The molecule has 1 aromatic rings. The molecule has 1 nitrogen and oxygen atoms in total. The van der Waals surface area contributed by atoms with Crippen molar-refractivity contribution >= 4 is 45.8 Å². The van der Waals surface area contributed by atoms with E-state index in [1.165, 1.54) is 6.07 Å². The van der Waals surface area contributed by atoms with Crippen LogP contribution in [-0.4, -0.2) is 4.98 Å². The predicted octanol–water partition coefficient (Wildman–Crippen LogP) is 4.02. The summed E-state index contributed by atoms with van der Waals surface area (Å²) in [6.07, 6.45) is -2.56. The second-order valence-electron chi connectivity index (χ2n) is 2.22. The molecular formula is C7H4Cl2F2IN. The monoisotopic (exact) mass is 337 g/mol. The Balaban J connectivity index is 3.30. The maximum Gasteiger partial charge on any atom is 0.266 e. The molecule has 6 heteroatoms. The zero-order valence-corrected chi connectivity index (χ0v) is 9.87. The van der Waals surface area contributed by atoms with E-state index < -0.39 is 6.43 Å². The normalized spacial score (nSPS) is 10.9. The van der Waals surface area contributed by atoms with Crippen LogP contribution in [0.3, 0.4) is 0 Å². The molecule has 0 fully saturated rings. The van der Waals surface area contributed by atoms with Crippen LogP contribution < -0.4 is 0 Å². The van der Waals surface area contributed by atoms with Gasteiger partial charge in [-0.1, -0.05) is 11.6 Å². The fourth-order valence-electron chi connectivity index (χ4n) is 0.874. The summed E-state index contributed by atoms with van der Waals surface area (Å²) in [5, 5.41) is 0.185. The van der Waals surface area contributed by atoms with E-state index in [2.05, 4.69) is 4.98 Å². The van der Waals surface area contributed by atoms with Crippen molar-refractivity contribution in [1.82, 2.24) is 4.98 Å². The first-order valence-corrected chi connectivity index (χ1v) is 5.24. The van der Waals surface area contributed by atoms with Gasteiger partial charge in [-0.05, 0) is 28.7 Å². The number of aromatic nitrogens is 1. The lowest BCUT2D eigenvalue weighted by atomic mass is 10.2. The summed E-state index contributed by atoms with van der Waals surface area (Å²) >= 11 is 12.8. The van der Waals surface area contributed by atoms with E-state index in [0.717, 1.165) is 0 Å². The number of hydrogen-bond donors (Lipinski definition) is 0. The van der Waals surface area contributed by atoms with Crippen LogP contribution in [0, 0.1) is 3.57 Å². The Morgan fingerprint density at radius 2 is 2.15 bits per heavy atom. The van der Waals surface area contributed by atoms with Gasteiger partial charge in [-0.2, -0.15) is 0 Å². The fourth-order valence-corrected chi connectivity index (χ4v) is 2.31. The van der Waals surface area contributed by atoms with Crippen molar-refractivity contribution in [1.29, 1.82) is 0 Å². The summed E-state index contributed by atoms with van der Waals surface area (Å²) in [5.41, 5.74) is 0.0218. The Morgan fingerprint density at radius 3 is 2.62 bits per heavy atom.